The van der Waals surface area contributed by atoms with Crippen molar-refractivity contribution in [2.24, 2.45) is 16.7 Å². The van der Waals surface area contributed by atoms with E-state index >= 15 is 0 Å². The fourth-order valence-corrected chi connectivity index (χ4v) is 5.74. The summed E-state index contributed by atoms with van der Waals surface area (Å²) < 4.78 is 12.7. The number of pyridine rings is 1. The summed E-state index contributed by atoms with van der Waals surface area (Å²) >= 11 is 0. The molecule has 0 amide bonds. The van der Waals surface area contributed by atoms with Crippen LogP contribution in [0.2, 0.25) is 0 Å². The van der Waals surface area contributed by atoms with Crippen molar-refractivity contribution in [2.45, 2.75) is 76.1 Å². The molecule has 4 unspecified atom stereocenters. The molecule has 0 radical (unpaired) electrons. The highest BCUT2D eigenvalue weighted by Gasteiger charge is 2.79. The van der Waals surface area contributed by atoms with Gasteiger partial charge in [0.05, 0.1) is 24.1 Å². The summed E-state index contributed by atoms with van der Waals surface area (Å²) in [4.78, 5) is 4.04. The van der Waals surface area contributed by atoms with Crippen molar-refractivity contribution >= 4 is 5.90 Å². The van der Waals surface area contributed by atoms with Crippen molar-refractivity contribution in [3.8, 4) is 18.2 Å². The molecule has 7 heteroatoms. The quantitative estimate of drug-likeness (QED) is 0.690. The summed E-state index contributed by atoms with van der Waals surface area (Å²) in [5, 5.41) is 40.0. The van der Waals surface area contributed by atoms with Crippen LogP contribution < -0.4 is 0 Å². The Balaban J connectivity index is 1.89. The third kappa shape index (κ3) is 3.01. The fraction of sp³-hybridized carbons (Fsp3) is 0.625. The van der Waals surface area contributed by atoms with Crippen molar-refractivity contribution < 1.29 is 9.47 Å². The predicted molar refractivity (Wildman–Crippen MR) is 111 cm³/mol. The number of aromatic nitrogens is 1. The van der Waals surface area contributed by atoms with Gasteiger partial charge in [-0.2, -0.15) is 15.8 Å². The second-order valence-corrected chi connectivity index (χ2v) is 8.89. The highest BCUT2D eigenvalue weighted by molar-refractivity contribution is 5.88. The number of nitrogens with zero attached hydrogens (tertiary/aromatic N) is 4. The van der Waals surface area contributed by atoms with E-state index in [2.05, 4.69) is 23.2 Å². The Bertz CT molecular complexity index is 945. The molecule has 4 aliphatic rings. The largest absolute Gasteiger partial charge is 0.447 e. The number of nitriles is 3. The lowest BCUT2D eigenvalue weighted by Crippen LogP contribution is -2.72. The van der Waals surface area contributed by atoms with Gasteiger partial charge >= 0.3 is 0 Å². The van der Waals surface area contributed by atoms with Crippen LogP contribution >= 0.6 is 0 Å². The molecule has 7 nitrogen and oxygen atoms in total. The lowest BCUT2D eigenvalue weighted by Gasteiger charge is -2.62. The monoisotopic (exact) mass is 417 g/mol. The van der Waals surface area contributed by atoms with E-state index in [-0.39, 0.29) is 5.90 Å². The first kappa shape index (κ1) is 21.3. The molecule has 1 saturated carbocycles. The highest BCUT2D eigenvalue weighted by atomic mass is 16.7. The van der Waals surface area contributed by atoms with Gasteiger partial charge in [0.25, 0.3) is 0 Å². The Labute approximate surface area is 183 Å². The van der Waals surface area contributed by atoms with E-state index in [4.69, 9.17) is 14.9 Å². The van der Waals surface area contributed by atoms with Gasteiger partial charge in [0.15, 0.2) is 10.8 Å². The maximum absolute atomic E-state index is 10.4. The molecule has 5 rings (SSSR count). The normalized spacial score (nSPS) is 35.1. The molecule has 1 aromatic rings. The number of nitrogens with one attached hydrogen (secondary N) is 1. The van der Waals surface area contributed by atoms with Crippen molar-refractivity contribution in [3.63, 3.8) is 0 Å². The summed E-state index contributed by atoms with van der Waals surface area (Å²) in [5.74, 6) is -2.18. The molecule has 0 aromatic carbocycles. The number of rotatable bonds is 1. The molecular formula is C24H27N5O2. The van der Waals surface area contributed by atoms with Gasteiger partial charge in [-0.15, -0.1) is 0 Å². The second kappa shape index (κ2) is 8.29. The van der Waals surface area contributed by atoms with E-state index in [1.54, 1.807) is 24.5 Å². The topological polar surface area (TPSA) is 127 Å². The van der Waals surface area contributed by atoms with Crippen LogP contribution in [0.25, 0.3) is 0 Å². The summed E-state index contributed by atoms with van der Waals surface area (Å²) in [7, 11) is 0. The highest BCUT2D eigenvalue weighted by Crippen LogP contribution is 2.68. The Morgan fingerprint density at radius 2 is 1.52 bits per heavy atom. The van der Waals surface area contributed by atoms with E-state index in [1.165, 1.54) is 12.8 Å². The lowest BCUT2D eigenvalue weighted by atomic mass is 9.49. The van der Waals surface area contributed by atoms with Crippen molar-refractivity contribution in [1.29, 1.82) is 21.2 Å². The van der Waals surface area contributed by atoms with E-state index in [0.29, 0.717) is 18.4 Å². The molecule has 1 aromatic heterocycles. The maximum Gasteiger partial charge on any atom is 0.218 e. The molecule has 4 atom stereocenters. The molecule has 3 saturated heterocycles. The van der Waals surface area contributed by atoms with Crippen LogP contribution in [0, 0.1) is 56.2 Å². The third-order valence-corrected chi connectivity index (χ3v) is 7.33. The van der Waals surface area contributed by atoms with E-state index in [0.717, 1.165) is 38.5 Å². The third-order valence-electron chi connectivity index (χ3n) is 7.33. The molecule has 160 valence electrons. The fourth-order valence-electron chi connectivity index (χ4n) is 5.74. The second-order valence-electron chi connectivity index (χ2n) is 8.89. The number of ether oxygens (including phenoxy) is 2. The molecule has 2 bridgehead atoms. The van der Waals surface area contributed by atoms with Gasteiger partial charge in [0.1, 0.15) is 6.10 Å². The number of hydrogen-bond donors (Lipinski definition) is 1. The van der Waals surface area contributed by atoms with E-state index in [9.17, 15) is 15.8 Å². The molecule has 1 spiro atoms. The maximum atomic E-state index is 10.4. The Morgan fingerprint density at radius 3 is 2.13 bits per heavy atom. The summed E-state index contributed by atoms with van der Waals surface area (Å²) in [6.45, 7) is 0. The van der Waals surface area contributed by atoms with Gasteiger partial charge in [0, 0.05) is 18.8 Å². The van der Waals surface area contributed by atoms with Gasteiger partial charge in [-0.05, 0) is 30.5 Å². The Kier molecular flexibility index (Phi) is 5.69. The predicted octanol–water partition coefficient (Wildman–Crippen LogP) is 4.93. The minimum atomic E-state index is -1.83. The zero-order valence-corrected chi connectivity index (χ0v) is 17.6. The molecule has 1 N–H and O–H groups in total. The van der Waals surface area contributed by atoms with Crippen LogP contribution in [0.5, 0.6) is 0 Å². The first-order chi connectivity index (χ1) is 15.1. The average Bonchev–Trinajstić information content (AvgIpc) is 2.80. The molecule has 4 fully saturated rings. The number of fused-ring (bicyclic) bond motifs is 2. The molecule has 31 heavy (non-hydrogen) atoms. The summed E-state index contributed by atoms with van der Waals surface area (Å²) in [6.07, 6.45) is 11.6. The van der Waals surface area contributed by atoms with Crippen LogP contribution in [0.4, 0.5) is 0 Å². The molecule has 1 aliphatic carbocycles. The first-order valence-electron chi connectivity index (χ1n) is 11.2. The molecule has 4 heterocycles. The molecule has 3 aliphatic heterocycles. The van der Waals surface area contributed by atoms with Crippen molar-refractivity contribution in [2.75, 3.05) is 0 Å². The minimum absolute atomic E-state index is 0.325. The zero-order chi connectivity index (χ0) is 22.0. The van der Waals surface area contributed by atoms with Gasteiger partial charge in [0.2, 0.25) is 11.7 Å². The van der Waals surface area contributed by atoms with Crippen LogP contribution in [0.1, 0.15) is 75.9 Å². The van der Waals surface area contributed by atoms with Gasteiger partial charge in [-0.25, -0.2) is 0 Å². The van der Waals surface area contributed by atoms with Crippen molar-refractivity contribution in [3.05, 3.63) is 30.1 Å². The van der Waals surface area contributed by atoms with E-state index < -0.39 is 28.6 Å². The van der Waals surface area contributed by atoms with Crippen molar-refractivity contribution in [1.82, 2.24) is 4.98 Å². The van der Waals surface area contributed by atoms with Gasteiger partial charge in [-0.3, -0.25) is 10.4 Å². The van der Waals surface area contributed by atoms with Gasteiger partial charge < -0.3 is 9.47 Å². The summed E-state index contributed by atoms with van der Waals surface area (Å²) in [5.41, 5.74) is -2.93. The Morgan fingerprint density at radius 1 is 0.903 bits per heavy atom. The molecular weight excluding hydrogens is 390 g/mol. The smallest absolute Gasteiger partial charge is 0.218 e. The van der Waals surface area contributed by atoms with Crippen LogP contribution in [0.15, 0.2) is 24.5 Å². The standard InChI is InChI=1S/C24H27N5O2/c25-15-22(16-26)19-9-7-5-3-1-2-4-6-8-12-24(19)30-20(18-10-13-29-14-11-18)23(22,17-27)21(28)31-24/h10-11,13-14,19-20,28H,1-9,12H2. The van der Waals surface area contributed by atoms with Crippen LogP contribution in [-0.4, -0.2) is 16.7 Å². The zero-order valence-electron chi connectivity index (χ0n) is 17.6. The summed E-state index contributed by atoms with van der Waals surface area (Å²) in [6, 6.07) is 10.1. The first-order valence-corrected chi connectivity index (χ1v) is 11.2. The van der Waals surface area contributed by atoms with Crippen LogP contribution in [-0.2, 0) is 9.47 Å². The minimum Gasteiger partial charge on any atom is -0.447 e. The SMILES string of the molecule is N#CC1(C#N)C2CCCCCCCCCCC23OC(=N)C1(C#N)C(c1ccncc1)O3. The average molecular weight is 418 g/mol. The number of hydrogen-bond acceptors (Lipinski definition) is 7. The van der Waals surface area contributed by atoms with E-state index in [1.807, 2.05) is 0 Å². The van der Waals surface area contributed by atoms with Gasteiger partial charge in [-0.1, -0.05) is 44.9 Å². The van der Waals surface area contributed by atoms with Crippen LogP contribution in [0.3, 0.4) is 0 Å². The Hall–Kier alpha value is -2.95. The lowest BCUT2D eigenvalue weighted by molar-refractivity contribution is -0.355.